The first kappa shape index (κ1) is 18.1. The van der Waals surface area contributed by atoms with Gasteiger partial charge in [-0.15, -0.1) is 0 Å². The Kier molecular flexibility index (Phi) is 5.65. The monoisotopic (exact) mass is 356 g/mol. The van der Waals surface area contributed by atoms with Gasteiger partial charge in [-0.05, 0) is 18.4 Å². The molecule has 1 aromatic rings. The average Bonchev–Trinajstić information content (AvgIpc) is 3.17. The number of carbonyl (C=O) groups excluding carboxylic acids is 3. The minimum absolute atomic E-state index is 0.101. The normalized spacial score (nSPS) is 20.0. The lowest BCUT2D eigenvalue weighted by Crippen LogP contribution is -2.44. The van der Waals surface area contributed by atoms with Gasteiger partial charge < -0.3 is 10.6 Å². The molecular weight excluding hydrogens is 332 g/mol. The highest BCUT2D eigenvalue weighted by Crippen LogP contribution is 2.18. The Bertz CT molecular complexity index is 717. The molecule has 1 atom stereocenters. The van der Waals surface area contributed by atoms with Crippen molar-refractivity contribution in [3.8, 4) is 0 Å². The molecule has 138 valence electrons. The SMILES string of the molecule is NC(=O)C1CCCN(C(=O)CCC(=O)N2CCC(c3ccccc3)=N2)C1. The van der Waals surface area contributed by atoms with Crippen LogP contribution >= 0.6 is 0 Å². The van der Waals surface area contributed by atoms with Crippen LogP contribution in [0.2, 0.25) is 0 Å². The van der Waals surface area contributed by atoms with Crippen molar-refractivity contribution in [3.63, 3.8) is 0 Å². The molecule has 0 radical (unpaired) electrons. The number of piperidine rings is 1. The van der Waals surface area contributed by atoms with E-state index in [0.29, 0.717) is 19.6 Å². The van der Waals surface area contributed by atoms with E-state index in [9.17, 15) is 14.4 Å². The largest absolute Gasteiger partial charge is 0.369 e. The summed E-state index contributed by atoms with van der Waals surface area (Å²) in [6.07, 6.45) is 2.47. The number of likely N-dealkylation sites (tertiary alicyclic amines) is 1. The van der Waals surface area contributed by atoms with Crippen LogP contribution in [0.25, 0.3) is 0 Å². The molecular formula is C19H24N4O3. The second kappa shape index (κ2) is 8.12. The number of benzene rings is 1. The maximum Gasteiger partial charge on any atom is 0.243 e. The zero-order valence-corrected chi connectivity index (χ0v) is 14.8. The molecule has 3 amide bonds. The van der Waals surface area contributed by atoms with E-state index in [1.807, 2.05) is 30.3 Å². The summed E-state index contributed by atoms with van der Waals surface area (Å²) in [5.41, 5.74) is 7.26. The highest BCUT2D eigenvalue weighted by molar-refractivity contribution is 6.02. The van der Waals surface area contributed by atoms with Gasteiger partial charge in [-0.2, -0.15) is 5.10 Å². The van der Waals surface area contributed by atoms with E-state index in [2.05, 4.69) is 5.10 Å². The lowest BCUT2D eigenvalue weighted by molar-refractivity contribution is -0.139. The van der Waals surface area contributed by atoms with Crippen LogP contribution in [0.1, 0.15) is 37.7 Å². The lowest BCUT2D eigenvalue weighted by atomic mass is 9.97. The standard InChI is InChI=1S/C19H24N4O3/c20-19(26)15-7-4-11-22(13-15)17(24)8-9-18(25)23-12-10-16(21-23)14-5-2-1-3-6-14/h1-3,5-6,15H,4,7-13H2,(H2,20,26). The number of hydrazone groups is 1. The number of amides is 3. The van der Waals surface area contributed by atoms with Gasteiger partial charge in [0.1, 0.15) is 0 Å². The van der Waals surface area contributed by atoms with E-state index in [4.69, 9.17) is 5.73 Å². The van der Waals surface area contributed by atoms with Crippen LogP contribution < -0.4 is 5.73 Å². The van der Waals surface area contributed by atoms with Crippen LogP contribution in [-0.2, 0) is 14.4 Å². The maximum atomic E-state index is 12.4. The van der Waals surface area contributed by atoms with E-state index in [1.54, 1.807) is 4.90 Å². The number of primary amides is 1. The molecule has 2 aliphatic rings. The Morgan fingerprint density at radius 2 is 1.81 bits per heavy atom. The van der Waals surface area contributed by atoms with Gasteiger partial charge in [-0.1, -0.05) is 30.3 Å². The fraction of sp³-hybridized carbons (Fsp3) is 0.474. The third kappa shape index (κ3) is 4.28. The second-order valence-corrected chi connectivity index (χ2v) is 6.76. The van der Waals surface area contributed by atoms with Gasteiger partial charge in [0.2, 0.25) is 17.7 Å². The summed E-state index contributed by atoms with van der Waals surface area (Å²) in [5.74, 6) is -0.887. The Morgan fingerprint density at radius 3 is 2.54 bits per heavy atom. The quantitative estimate of drug-likeness (QED) is 0.856. The Morgan fingerprint density at radius 1 is 1.08 bits per heavy atom. The summed E-state index contributed by atoms with van der Waals surface area (Å²) < 4.78 is 0. The van der Waals surface area contributed by atoms with E-state index in [0.717, 1.165) is 30.5 Å². The molecule has 2 aliphatic heterocycles. The molecule has 1 aromatic carbocycles. The summed E-state index contributed by atoms with van der Waals surface area (Å²) in [7, 11) is 0. The smallest absolute Gasteiger partial charge is 0.243 e. The van der Waals surface area contributed by atoms with Crippen molar-refractivity contribution in [2.75, 3.05) is 19.6 Å². The average molecular weight is 356 g/mol. The molecule has 0 aromatic heterocycles. The summed E-state index contributed by atoms with van der Waals surface area (Å²) in [6.45, 7) is 1.53. The molecule has 1 saturated heterocycles. The van der Waals surface area contributed by atoms with Crippen LogP contribution in [0.5, 0.6) is 0 Å². The third-order valence-electron chi connectivity index (χ3n) is 4.93. The molecule has 2 N–H and O–H groups in total. The van der Waals surface area contributed by atoms with Gasteiger partial charge in [0.15, 0.2) is 0 Å². The molecule has 0 aliphatic carbocycles. The van der Waals surface area contributed by atoms with Gasteiger partial charge in [0.05, 0.1) is 18.2 Å². The van der Waals surface area contributed by atoms with Crippen LogP contribution in [0.3, 0.4) is 0 Å². The first-order chi connectivity index (χ1) is 12.5. The summed E-state index contributed by atoms with van der Waals surface area (Å²) in [4.78, 5) is 37.7. The fourth-order valence-electron chi connectivity index (χ4n) is 3.41. The number of hydrogen-bond donors (Lipinski definition) is 1. The van der Waals surface area contributed by atoms with E-state index in [-0.39, 0.29) is 36.5 Å². The Balaban J connectivity index is 1.50. The van der Waals surface area contributed by atoms with Crippen molar-refractivity contribution in [2.24, 2.45) is 16.8 Å². The molecule has 26 heavy (non-hydrogen) atoms. The molecule has 3 rings (SSSR count). The second-order valence-electron chi connectivity index (χ2n) is 6.76. The molecule has 0 saturated carbocycles. The Labute approximate surface area is 152 Å². The van der Waals surface area contributed by atoms with E-state index >= 15 is 0 Å². The number of rotatable bonds is 5. The van der Waals surface area contributed by atoms with E-state index < -0.39 is 0 Å². The first-order valence-corrected chi connectivity index (χ1v) is 9.05. The van der Waals surface area contributed by atoms with Crippen LogP contribution in [0.4, 0.5) is 0 Å². The van der Waals surface area contributed by atoms with Gasteiger partial charge in [0.25, 0.3) is 0 Å². The minimum Gasteiger partial charge on any atom is -0.369 e. The molecule has 7 nitrogen and oxygen atoms in total. The first-order valence-electron chi connectivity index (χ1n) is 9.05. The van der Waals surface area contributed by atoms with Crippen molar-refractivity contribution < 1.29 is 14.4 Å². The van der Waals surface area contributed by atoms with Crippen LogP contribution in [-0.4, -0.2) is 53.0 Å². The minimum atomic E-state index is -0.363. The van der Waals surface area contributed by atoms with Crippen molar-refractivity contribution in [1.29, 1.82) is 0 Å². The Hall–Kier alpha value is -2.70. The molecule has 7 heteroatoms. The molecule has 0 spiro atoms. The predicted octanol–water partition coefficient (Wildman–Crippen LogP) is 1.13. The van der Waals surface area contributed by atoms with Crippen LogP contribution in [0.15, 0.2) is 35.4 Å². The van der Waals surface area contributed by atoms with Crippen LogP contribution in [0, 0.1) is 5.92 Å². The molecule has 0 bridgehead atoms. The molecule has 2 heterocycles. The van der Waals surface area contributed by atoms with Crippen molar-refractivity contribution >= 4 is 23.4 Å². The van der Waals surface area contributed by atoms with Crippen molar-refractivity contribution in [1.82, 2.24) is 9.91 Å². The zero-order valence-electron chi connectivity index (χ0n) is 14.8. The molecule has 1 unspecified atom stereocenters. The summed E-state index contributed by atoms with van der Waals surface area (Å²) >= 11 is 0. The topological polar surface area (TPSA) is 96.1 Å². The zero-order chi connectivity index (χ0) is 18.5. The third-order valence-corrected chi connectivity index (χ3v) is 4.93. The van der Waals surface area contributed by atoms with E-state index in [1.165, 1.54) is 5.01 Å². The lowest BCUT2D eigenvalue weighted by Gasteiger charge is -2.31. The fourth-order valence-corrected chi connectivity index (χ4v) is 3.41. The number of nitrogens with two attached hydrogens (primary N) is 1. The van der Waals surface area contributed by atoms with Gasteiger partial charge in [0, 0.05) is 32.4 Å². The number of hydrogen-bond acceptors (Lipinski definition) is 4. The summed E-state index contributed by atoms with van der Waals surface area (Å²) in [6, 6.07) is 9.78. The number of nitrogens with zero attached hydrogens (tertiary/aromatic N) is 3. The highest BCUT2D eigenvalue weighted by atomic mass is 16.2. The maximum absolute atomic E-state index is 12.4. The summed E-state index contributed by atoms with van der Waals surface area (Å²) in [5, 5.41) is 5.85. The number of carbonyl (C=O) groups is 3. The molecule has 1 fully saturated rings. The van der Waals surface area contributed by atoms with Gasteiger partial charge in [-0.25, -0.2) is 5.01 Å². The van der Waals surface area contributed by atoms with Gasteiger partial charge in [-0.3, -0.25) is 14.4 Å². The van der Waals surface area contributed by atoms with Crippen molar-refractivity contribution in [2.45, 2.75) is 32.1 Å². The van der Waals surface area contributed by atoms with Gasteiger partial charge >= 0.3 is 0 Å². The predicted molar refractivity (Wildman–Crippen MR) is 97.0 cm³/mol. The highest BCUT2D eigenvalue weighted by Gasteiger charge is 2.28. The van der Waals surface area contributed by atoms with Crippen molar-refractivity contribution in [3.05, 3.63) is 35.9 Å².